The molecule has 2 rings (SSSR count). The van der Waals surface area contributed by atoms with Gasteiger partial charge in [-0.1, -0.05) is 0 Å². The smallest absolute Gasteiger partial charge is 0.351 e. The third-order valence-electron chi connectivity index (χ3n) is 2.89. The van der Waals surface area contributed by atoms with E-state index in [0.29, 0.717) is 0 Å². The lowest BCUT2D eigenvalue weighted by molar-refractivity contribution is -0.0624. The molecule has 8 nitrogen and oxygen atoms in total. The largest absolute Gasteiger partial charge is 0.394 e. The van der Waals surface area contributed by atoms with E-state index < -0.39 is 30.2 Å². The highest BCUT2D eigenvalue weighted by Gasteiger charge is 2.45. The minimum Gasteiger partial charge on any atom is -0.394 e. The molecule has 0 unspecified atom stereocenters. The van der Waals surface area contributed by atoms with E-state index in [9.17, 15) is 9.90 Å². The van der Waals surface area contributed by atoms with Gasteiger partial charge < -0.3 is 25.4 Å². The summed E-state index contributed by atoms with van der Waals surface area (Å²) in [6.07, 6.45) is -2.01. The molecular formula is C10H15N3O5. The van der Waals surface area contributed by atoms with Crippen molar-refractivity contribution in [1.29, 1.82) is 0 Å². The van der Waals surface area contributed by atoms with Crippen molar-refractivity contribution in [1.82, 2.24) is 9.55 Å². The zero-order valence-corrected chi connectivity index (χ0v) is 9.76. The minimum atomic E-state index is -1.02. The number of nitrogens with zero attached hydrogens (tertiary/aromatic N) is 2. The number of hydrogen-bond acceptors (Lipinski definition) is 7. The highest BCUT2D eigenvalue weighted by Crippen LogP contribution is 2.30. The van der Waals surface area contributed by atoms with Crippen molar-refractivity contribution >= 4 is 5.82 Å². The Kier molecular flexibility index (Phi) is 3.62. The van der Waals surface area contributed by atoms with Crippen molar-refractivity contribution in [2.24, 2.45) is 0 Å². The summed E-state index contributed by atoms with van der Waals surface area (Å²) in [6, 6.07) is 1.44. The lowest BCUT2D eigenvalue weighted by Crippen LogP contribution is -2.37. The molecule has 4 N–H and O–H groups in total. The predicted molar refractivity (Wildman–Crippen MR) is 60.7 cm³/mol. The summed E-state index contributed by atoms with van der Waals surface area (Å²) in [5, 5.41) is 18.9. The molecule has 0 amide bonds. The molecule has 1 aliphatic rings. The molecule has 0 aliphatic carbocycles. The molecule has 0 saturated carbocycles. The third kappa shape index (κ3) is 2.10. The van der Waals surface area contributed by atoms with Gasteiger partial charge >= 0.3 is 5.69 Å². The first-order chi connectivity index (χ1) is 8.58. The molecule has 1 aliphatic heterocycles. The van der Waals surface area contributed by atoms with Crippen LogP contribution in [0, 0.1) is 0 Å². The van der Waals surface area contributed by atoms with Crippen LogP contribution in [0.3, 0.4) is 0 Å². The highest BCUT2D eigenvalue weighted by molar-refractivity contribution is 5.23. The fourth-order valence-electron chi connectivity index (χ4n) is 1.97. The Hall–Kier alpha value is -1.48. The Morgan fingerprint density at radius 3 is 2.94 bits per heavy atom. The van der Waals surface area contributed by atoms with Crippen LogP contribution in [-0.2, 0) is 9.47 Å². The summed E-state index contributed by atoms with van der Waals surface area (Å²) in [5.41, 5.74) is 4.78. The van der Waals surface area contributed by atoms with Gasteiger partial charge in [0.25, 0.3) is 0 Å². The van der Waals surface area contributed by atoms with Gasteiger partial charge in [0, 0.05) is 13.3 Å². The maximum atomic E-state index is 11.7. The topological polar surface area (TPSA) is 120 Å². The van der Waals surface area contributed by atoms with E-state index in [0.717, 1.165) is 0 Å². The second-order valence-electron chi connectivity index (χ2n) is 3.98. The van der Waals surface area contributed by atoms with E-state index in [-0.39, 0.29) is 12.4 Å². The van der Waals surface area contributed by atoms with Gasteiger partial charge in [-0.05, 0) is 6.07 Å². The van der Waals surface area contributed by atoms with Gasteiger partial charge in [-0.15, -0.1) is 0 Å². The normalized spacial score (nSPS) is 31.7. The molecule has 0 aromatic carbocycles. The Morgan fingerprint density at radius 1 is 1.67 bits per heavy atom. The first kappa shape index (κ1) is 13.0. The summed E-state index contributed by atoms with van der Waals surface area (Å²) in [5.74, 6) is 0.0995. The molecular weight excluding hydrogens is 242 g/mol. The van der Waals surface area contributed by atoms with E-state index in [1.807, 2.05) is 0 Å². The van der Waals surface area contributed by atoms with Crippen molar-refractivity contribution in [2.75, 3.05) is 19.5 Å². The van der Waals surface area contributed by atoms with Crippen LogP contribution < -0.4 is 11.4 Å². The minimum absolute atomic E-state index is 0.0995. The van der Waals surface area contributed by atoms with E-state index in [1.165, 1.54) is 23.9 Å². The van der Waals surface area contributed by atoms with Gasteiger partial charge in [-0.25, -0.2) is 4.79 Å². The number of aliphatic hydroxyl groups is 2. The molecule has 2 heterocycles. The molecule has 8 heteroatoms. The fraction of sp³-hybridized carbons (Fsp3) is 0.600. The van der Waals surface area contributed by atoms with Crippen LogP contribution in [0.5, 0.6) is 0 Å². The quantitative estimate of drug-likeness (QED) is 0.578. The first-order valence-electron chi connectivity index (χ1n) is 5.40. The van der Waals surface area contributed by atoms with Crippen molar-refractivity contribution in [3.63, 3.8) is 0 Å². The highest BCUT2D eigenvalue weighted by atomic mass is 16.6. The predicted octanol–water partition coefficient (Wildman–Crippen LogP) is -1.91. The van der Waals surface area contributed by atoms with Crippen molar-refractivity contribution < 1.29 is 19.7 Å². The van der Waals surface area contributed by atoms with Crippen LogP contribution in [0.15, 0.2) is 17.1 Å². The number of aliphatic hydroxyl groups excluding tert-OH is 2. The van der Waals surface area contributed by atoms with Gasteiger partial charge in [0.1, 0.15) is 24.1 Å². The first-order valence-corrected chi connectivity index (χ1v) is 5.40. The number of hydrogen-bond donors (Lipinski definition) is 3. The van der Waals surface area contributed by atoms with E-state index in [1.54, 1.807) is 0 Å². The second kappa shape index (κ2) is 5.02. The molecule has 0 radical (unpaired) electrons. The Morgan fingerprint density at radius 2 is 2.39 bits per heavy atom. The molecule has 100 valence electrons. The maximum absolute atomic E-state index is 11.7. The van der Waals surface area contributed by atoms with Crippen molar-refractivity contribution in [3.8, 4) is 0 Å². The molecule has 1 aromatic rings. The SMILES string of the molecule is CO[C@@H]1[C@H](O)[C@H](CO)O[C@H]1n1ccc(N)nc1=O. The zero-order chi connectivity index (χ0) is 13.3. The average molecular weight is 257 g/mol. The molecule has 4 atom stereocenters. The number of methoxy groups -OCH3 is 1. The maximum Gasteiger partial charge on any atom is 0.351 e. The zero-order valence-electron chi connectivity index (χ0n) is 9.76. The van der Waals surface area contributed by atoms with Crippen LogP contribution in [0.2, 0.25) is 0 Å². The number of ether oxygens (including phenoxy) is 2. The summed E-state index contributed by atoms with van der Waals surface area (Å²) in [7, 11) is 1.39. The number of aromatic nitrogens is 2. The molecule has 1 fully saturated rings. The Balaban J connectivity index is 2.35. The fourth-order valence-corrected chi connectivity index (χ4v) is 1.97. The molecule has 18 heavy (non-hydrogen) atoms. The standard InChI is InChI=1S/C10H15N3O5/c1-17-8-7(15)5(4-14)18-9(8)13-3-2-6(11)12-10(13)16/h2-3,5,7-9,14-15H,4H2,1H3,(H2,11,12,16)/t5-,7+,8+,9+/m0/s1. The molecule has 0 bridgehead atoms. The van der Waals surface area contributed by atoms with E-state index >= 15 is 0 Å². The average Bonchev–Trinajstić information content (AvgIpc) is 2.65. The van der Waals surface area contributed by atoms with Gasteiger partial charge in [0.2, 0.25) is 0 Å². The van der Waals surface area contributed by atoms with Crippen molar-refractivity contribution in [2.45, 2.75) is 24.5 Å². The number of nitrogen functional groups attached to an aromatic ring is 1. The van der Waals surface area contributed by atoms with Gasteiger partial charge in [-0.3, -0.25) is 4.57 Å². The summed E-state index contributed by atoms with van der Waals surface area (Å²) >= 11 is 0. The van der Waals surface area contributed by atoms with Gasteiger partial charge in [0.15, 0.2) is 6.23 Å². The Bertz CT molecular complexity index is 477. The lowest BCUT2D eigenvalue weighted by atomic mass is 10.1. The molecule has 1 saturated heterocycles. The van der Waals surface area contributed by atoms with Crippen LogP contribution in [0.1, 0.15) is 6.23 Å². The summed E-state index contributed by atoms with van der Waals surface area (Å²) in [6.45, 7) is -0.366. The van der Waals surface area contributed by atoms with Crippen molar-refractivity contribution in [3.05, 3.63) is 22.7 Å². The van der Waals surface area contributed by atoms with Gasteiger partial charge in [0.05, 0.1) is 6.61 Å². The van der Waals surface area contributed by atoms with Crippen LogP contribution >= 0.6 is 0 Å². The van der Waals surface area contributed by atoms with Crippen LogP contribution in [0.4, 0.5) is 5.82 Å². The summed E-state index contributed by atoms with van der Waals surface area (Å²) < 4.78 is 11.7. The number of rotatable bonds is 3. The lowest BCUT2D eigenvalue weighted by Gasteiger charge is -2.20. The molecule has 0 spiro atoms. The van der Waals surface area contributed by atoms with Gasteiger partial charge in [-0.2, -0.15) is 4.98 Å². The van der Waals surface area contributed by atoms with E-state index in [4.69, 9.17) is 20.3 Å². The third-order valence-corrected chi connectivity index (χ3v) is 2.89. The summed E-state index contributed by atoms with van der Waals surface area (Å²) in [4.78, 5) is 15.3. The molecule has 1 aromatic heterocycles. The number of nitrogens with two attached hydrogens (primary N) is 1. The Labute approximate surface area is 103 Å². The van der Waals surface area contributed by atoms with Crippen LogP contribution in [-0.4, -0.2) is 51.8 Å². The monoisotopic (exact) mass is 257 g/mol. The van der Waals surface area contributed by atoms with E-state index in [2.05, 4.69) is 4.98 Å². The second-order valence-corrected chi connectivity index (χ2v) is 3.98. The van der Waals surface area contributed by atoms with Crippen LogP contribution in [0.25, 0.3) is 0 Å². The number of anilines is 1.